The summed E-state index contributed by atoms with van der Waals surface area (Å²) in [5.74, 6) is -1.09. The van der Waals surface area contributed by atoms with Gasteiger partial charge in [-0.15, -0.1) is 0 Å². The largest absolute Gasteiger partial charge is 0.493 e. The number of amides is 2. The van der Waals surface area contributed by atoms with E-state index in [-0.39, 0.29) is 34.4 Å². The van der Waals surface area contributed by atoms with Gasteiger partial charge in [0.2, 0.25) is 0 Å². The summed E-state index contributed by atoms with van der Waals surface area (Å²) in [5.41, 5.74) is 3.08. The fourth-order valence-corrected chi connectivity index (χ4v) is 2.72. The molecule has 1 aromatic heterocycles. The van der Waals surface area contributed by atoms with Gasteiger partial charge in [-0.3, -0.25) is 9.59 Å². The van der Waals surface area contributed by atoms with E-state index in [9.17, 15) is 14.4 Å². The Balaban J connectivity index is 1.56. The van der Waals surface area contributed by atoms with Gasteiger partial charge in [0, 0.05) is 0 Å². The summed E-state index contributed by atoms with van der Waals surface area (Å²) >= 11 is 6.02. The molecule has 0 atom stereocenters. The van der Waals surface area contributed by atoms with Crippen LogP contribution in [0.2, 0.25) is 5.02 Å². The molecule has 164 valence electrons. The molecule has 1 heterocycles. The first-order valence-electron chi connectivity index (χ1n) is 9.26. The Labute approximate surface area is 188 Å². The van der Waals surface area contributed by atoms with E-state index < -0.39 is 17.8 Å². The third-order valence-electron chi connectivity index (χ3n) is 4.04. The minimum Gasteiger partial charge on any atom is -0.493 e. The van der Waals surface area contributed by atoms with Crippen molar-refractivity contribution in [2.75, 3.05) is 13.7 Å². The molecular formula is C22H18ClN3O6. The maximum atomic E-state index is 12.3. The van der Waals surface area contributed by atoms with Gasteiger partial charge < -0.3 is 19.2 Å². The normalized spacial score (nSPS) is 10.6. The third kappa shape index (κ3) is 5.96. The molecule has 0 spiro atoms. The van der Waals surface area contributed by atoms with Crippen molar-refractivity contribution in [3.8, 4) is 11.5 Å². The molecule has 0 aliphatic carbocycles. The molecule has 3 aromatic rings. The van der Waals surface area contributed by atoms with Crippen molar-refractivity contribution in [1.29, 1.82) is 0 Å². The van der Waals surface area contributed by atoms with E-state index in [0.29, 0.717) is 5.56 Å². The Hall–Kier alpha value is -4.11. The van der Waals surface area contributed by atoms with Crippen LogP contribution < -0.4 is 20.2 Å². The third-order valence-corrected chi connectivity index (χ3v) is 4.37. The van der Waals surface area contributed by atoms with E-state index in [2.05, 4.69) is 15.8 Å². The van der Waals surface area contributed by atoms with E-state index in [0.717, 1.165) is 0 Å². The van der Waals surface area contributed by atoms with Gasteiger partial charge in [-0.05, 0) is 48.0 Å². The van der Waals surface area contributed by atoms with Crippen molar-refractivity contribution in [3.63, 3.8) is 0 Å². The minimum absolute atomic E-state index is 0.101. The smallest absolute Gasteiger partial charge is 0.345 e. The maximum absolute atomic E-state index is 12.3. The summed E-state index contributed by atoms with van der Waals surface area (Å²) in [6.07, 6.45) is 2.73. The number of benzene rings is 2. The molecule has 2 aromatic carbocycles. The van der Waals surface area contributed by atoms with E-state index >= 15 is 0 Å². The number of methoxy groups -OCH3 is 1. The molecule has 0 saturated carbocycles. The van der Waals surface area contributed by atoms with Crippen molar-refractivity contribution in [2.24, 2.45) is 5.10 Å². The number of nitrogens with zero attached hydrogens (tertiary/aromatic N) is 1. The summed E-state index contributed by atoms with van der Waals surface area (Å²) in [5, 5.41) is 6.50. The summed E-state index contributed by atoms with van der Waals surface area (Å²) in [7, 11) is 1.42. The van der Waals surface area contributed by atoms with Crippen LogP contribution in [-0.4, -0.2) is 37.7 Å². The Morgan fingerprint density at radius 2 is 1.91 bits per heavy atom. The zero-order chi connectivity index (χ0) is 22.9. The highest BCUT2D eigenvalue weighted by molar-refractivity contribution is 6.33. The van der Waals surface area contributed by atoms with Gasteiger partial charge in [0.15, 0.2) is 17.3 Å². The number of nitrogens with one attached hydrogen (secondary N) is 2. The molecule has 32 heavy (non-hydrogen) atoms. The number of hydrogen-bond donors (Lipinski definition) is 2. The van der Waals surface area contributed by atoms with Gasteiger partial charge >= 0.3 is 5.97 Å². The SMILES string of the molecule is COc1cc(C=NNC(=O)CNC(=O)c2ccco2)ccc1OC(=O)c1ccccc1Cl. The summed E-state index contributed by atoms with van der Waals surface area (Å²) in [4.78, 5) is 35.9. The van der Waals surface area contributed by atoms with Gasteiger partial charge in [0.25, 0.3) is 11.8 Å². The monoisotopic (exact) mass is 455 g/mol. The second-order valence-corrected chi connectivity index (χ2v) is 6.64. The van der Waals surface area contributed by atoms with Gasteiger partial charge in [0.1, 0.15) is 0 Å². The minimum atomic E-state index is -0.626. The van der Waals surface area contributed by atoms with E-state index in [1.165, 1.54) is 31.7 Å². The summed E-state index contributed by atoms with van der Waals surface area (Å²) in [6, 6.07) is 14.3. The average molecular weight is 456 g/mol. The quantitative estimate of drug-likeness (QED) is 0.233. The van der Waals surface area contributed by atoms with Crippen LogP contribution in [0.25, 0.3) is 0 Å². The Kier molecular flexibility index (Phi) is 7.60. The molecule has 0 aliphatic heterocycles. The molecule has 0 fully saturated rings. The standard InChI is InChI=1S/C22H18ClN3O6/c1-30-19-11-14(8-9-17(19)32-22(29)15-5-2-3-6-16(15)23)12-25-26-20(27)13-24-21(28)18-7-4-10-31-18/h2-12H,13H2,1H3,(H,24,28)(H,26,27). The molecule has 10 heteroatoms. The Morgan fingerprint density at radius 3 is 2.62 bits per heavy atom. The number of hydrogen-bond acceptors (Lipinski definition) is 7. The van der Waals surface area contributed by atoms with Crippen LogP contribution >= 0.6 is 11.6 Å². The van der Waals surface area contributed by atoms with Crippen molar-refractivity contribution in [1.82, 2.24) is 10.7 Å². The van der Waals surface area contributed by atoms with Crippen LogP contribution in [0.4, 0.5) is 0 Å². The van der Waals surface area contributed by atoms with Gasteiger partial charge in [-0.2, -0.15) is 5.10 Å². The highest BCUT2D eigenvalue weighted by atomic mass is 35.5. The highest BCUT2D eigenvalue weighted by Gasteiger charge is 2.15. The number of esters is 1. The van der Waals surface area contributed by atoms with Crippen molar-refractivity contribution >= 4 is 35.6 Å². The fourth-order valence-electron chi connectivity index (χ4n) is 2.50. The number of hydrazone groups is 1. The van der Waals surface area contributed by atoms with Crippen LogP contribution in [0.5, 0.6) is 11.5 Å². The molecule has 3 rings (SSSR count). The van der Waals surface area contributed by atoms with E-state index in [1.54, 1.807) is 42.5 Å². The van der Waals surface area contributed by atoms with Gasteiger partial charge in [-0.1, -0.05) is 23.7 Å². The van der Waals surface area contributed by atoms with Crippen molar-refractivity contribution in [3.05, 3.63) is 82.8 Å². The first-order valence-corrected chi connectivity index (χ1v) is 9.64. The average Bonchev–Trinajstić information content (AvgIpc) is 3.33. The van der Waals surface area contributed by atoms with Crippen molar-refractivity contribution < 1.29 is 28.3 Å². The zero-order valence-corrected chi connectivity index (χ0v) is 17.6. The van der Waals surface area contributed by atoms with Crippen LogP contribution in [0.1, 0.15) is 26.5 Å². The van der Waals surface area contributed by atoms with Crippen LogP contribution in [0, 0.1) is 0 Å². The first kappa shape index (κ1) is 22.6. The highest BCUT2D eigenvalue weighted by Crippen LogP contribution is 2.29. The van der Waals surface area contributed by atoms with Crippen LogP contribution in [-0.2, 0) is 4.79 Å². The second kappa shape index (κ2) is 10.8. The Morgan fingerprint density at radius 1 is 1.09 bits per heavy atom. The molecule has 0 unspecified atom stereocenters. The number of carbonyl (C=O) groups excluding carboxylic acids is 3. The van der Waals surface area contributed by atoms with E-state index in [4.69, 9.17) is 25.5 Å². The fraction of sp³-hybridized carbons (Fsp3) is 0.0909. The summed E-state index contributed by atoms with van der Waals surface area (Å²) in [6.45, 7) is -0.281. The Bertz CT molecular complexity index is 1140. The molecule has 0 aliphatic rings. The number of halogens is 1. The van der Waals surface area contributed by atoms with Crippen LogP contribution in [0.3, 0.4) is 0 Å². The zero-order valence-electron chi connectivity index (χ0n) is 16.8. The summed E-state index contributed by atoms with van der Waals surface area (Å²) < 4.78 is 15.6. The molecule has 0 radical (unpaired) electrons. The predicted octanol–water partition coefficient (Wildman–Crippen LogP) is 3.04. The number of furan rings is 1. The van der Waals surface area contributed by atoms with Crippen molar-refractivity contribution in [2.45, 2.75) is 0 Å². The van der Waals surface area contributed by atoms with E-state index in [1.807, 2.05) is 0 Å². The van der Waals surface area contributed by atoms with Gasteiger partial charge in [-0.25, -0.2) is 10.2 Å². The van der Waals surface area contributed by atoms with Gasteiger partial charge in [0.05, 0.1) is 36.7 Å². The first-order chi connectivity index (χ1) is 15.5. The number of rotatable bonds is 8. The molecule has 9 nitrogen and oxygen atoms in total. The lowest BCUT2D eigenvalue weighted by Gasteiger charge is -2.10. The lowest BCUT2D eigenvalue weighted by molar-refractivity contribution is -0.120. The number of ether oxygens (including phenoxy) is 2. The van der Waals surface area contributed by atoms with Crippen LogP contribution in [0.15, 0.2) is 70.4 Å². The topological polar surface area (TPSA) is 119 Å². The second-order valence-electron chi connectivity index (χ2n) is 6.23. The lowest BCUT2D eigenvalue weighted by Crippen LogP contribution is -2.34. The molecule has 0 bridgehead atoms. The predicted molar refractivity (Wildman–Crippen MR) is 116 cm³/mol. The maximum Gasteiger partial charge on any atom is 0.345 e. The molecule has 2 N–H and O–H groups in total. The molecule has 0 saturated heterocycles. The molecular weight excluding hydrogens is 438 g/mol. The molecule has 2 amide bonds. The number of carbonyl (C=O) groups is 3. The lowest BCUT2D eigenvalue weighted by atomic mass is 10.2.